The molecule has 0 amide bonds. The van der Waals surface area contributed by atoms with E-state index in [-0.39, 0.29) is 0 Å². The average Bonchev–Trinajstić information content (AvgIpc) is 2.47. The van der Waals surface area contributed by atoms with E-state index in [0.29, 0.717) is 12.2 Å². The van der Waals surface area contributed by atoms with Crippen molar-refractivity contribution >= 4 is 0 Å². The maximum Gasteiger partial charge on any atom is 0.0827 e. The minimum atomic E-state index is 0.693. The normalized spacial score (nSPS) is 23.9. The third-order valence-corrected chi connectivity index (χ3v) is 4.40. The van der Waals surface area contributed by atoms with Crippen molar-refractivity contribution in [2.75, 3.05) is 0 Å². The Morgan fingerprint density at radius 3 is 2.37 bits per heavy atom. The molecule has 0 unspecified atom stereocenters. The molecule has 0 heterocycles. The summed E-state index contributed by atoms with van der Waals surface area (Å²) in [4.78, 5) is 0. The number of allylic oxidation sites excluding steroid dienone is 1. The molecule has 1 fully saturated rings. The molecule has 0 N–H and O–H groups in total. The standard InChI is InChI=1S/C18H25F/c1-2-4-15-6-10-17(11-7-15)18-12-8-16(9-13-18)5-3-14-19/h3,6-7,10-11,14,16,18H,2,4-5,8-9,12-13H2,1H3/b14-3+/t16-,18-. The SMILES string of the molecule is CCCc1ccc([C@H]2CC[C@H](C/C=C/F)CC2)cc1. The first kappa shape index (κ1) is 14.3. The number of benzene rings is 1. The maximum atomic E-state index is 12.0. The molecular weight excluding hydrogens is 235 g/mol. The van der Waals surface area contributed by atoms with Crippen molar-refractivity contribution in [1.29, 1.82) is 0 Å². The van der Waals surface area contributed by atoms with Gasteiger partial charge in [-0.2, -0.15) is 0 Å². The van der Waals surface area contributed by atoms with Gasteiger partial charge >= 0.3 is 0 Å². The molecule has 1 aromatic rings. The van der Waals surface area contributed by atoms with E-state index >= 15 is 0 Å². The van der Waals surface area contributed by atoms with Gasteiger partial charge in [-0.25, -0.2) is 4.39 Å². The molecule has 0 spiro atoms. The lowest BCUT2D eigenvalue weighted by Gasteiger charge is -2.28. The number of hydrogen-bond donors (Lipinski definition) is 0. The van der Waals surface area contributed by atoms with Crippen molar-refractivity contribution < 1.29 is 4.39 Å². The predicted molar refractivity (Wildman–Crippen MR) is 80.0 cm³/mol. The van der Waals surface area contributed by atoms with E-state index in [0.717, 1.165) is 12.3 Å². The van der Waals surface area contributed by atoms with Crippen molar-refractivity contribution in [2.24, 2.45) is 5.92 Å². The van der Waals surface area contributed by atoms with E-state index < -0.39 is 0 Å². The first-order chi connectivity index (χ1) is 9.33. The van der Waals surface area contributed by atoms with Crippen LogP contribution in [-0.2, 0) is 6.42 Å². The maximum absolute atomic E-state index is 12.0. The molecule has 0 aliphatic heterocycles. The molecule has 0 radical (unpaired) electrons. The van der Waals surface area contributed by atoms with Crippen LogP contribution in [0.4, 0.5) is 4.39 Å². The van der Waals surface area contributed by atoms with E-state index in [1.54, 1.807) is 6.08 Å². The van der Waals surface area contributed by atoms with Crippen LogP contribution in [0.5, 0.6) is 0 Å². The largest absolute Gasteiger partial charge is 0.216 e. The second-order valence-corrected chi connectivity index (χ2v) is 5.81. The van der Waals surface area contributed by atoms with Gasteiger partial charge in [0.1, 0.15) is 0 Å². The number of aryl methyl sites for hydroxylation is 1. The van der Waals surface area contributed by atoms with Crippen LogP contribution in [0.2, 0.25) is 0 Å². The summed E-state index contributed by atoms with van der Waals surface area (Å²) in [7, 11) is 0. The Morgan fingerprint density at radius 2 is 1.79 bits per heavy atom. The minimum absolute atomic E-state index is 0.693. The lowest BCUT2D eigenvalue weighted by atomic mass is 9.77. The lowest BCUT2D eigenvalue weighted by Crippen LogP contribution is -2.12. The lowest BCUT2D eigenvalue weighted by molar-refractivity contribution is 0.327. The molecule has 0 aromatic heterocycles. The molecule has 19 heavy (non-hydrogen) atoms. The van der Waals surface area contributed by atoms with Crippen LogP contribution in [0.25, 0.3) is 0 Å². The molecule has 1 heteroatoms. The molecule has 1 aromatic carbocycles. The molecule has 0 nitrogen and oxygen atoms in total. The van der Waals surface area contributed by atoms with Gasteiger partial charge in [0.15, 0.2) is 0 Å². The molecule has 0 bridgehead atoms. The summed E-state index contributed by atoms with van der Waals surface area (Å²) >= 11 is 0. The van der Waals surface area contributed by atoms with Crippen LogP contribution in [0.15, 0.2) is 36.7 Å². The van der Waals surface area contributed by atoms with Crippen LogP contribution in [0, 0.1) is 5.92 Å². The Labute approximate surface area is 116 Å². The Bertz CT molecular complexity index is 383. The van der Waals surface area contributed by atoms with E-state index in [1.165, 1.54) is 49.7 Å². The zero-order chi connectivity index (χ0) is 13.5. The third-order valence-electron chi connectivity index (χ3n) is 4.40. The van der Waals surface area contributed by atoms with Crippen LogP contribution < -0.4 is 0 Å². The highest BCUT2D eigenvalue weighted by Crippen LogP contribution is 2.37. The van der Waals surface area contributed by atoms with Crippen molar-refractivity contribution in [3.8, 4) is 0 Å². The van der Waals surface area contributed by atoms with E-state index in [4.69, 9.17) is 0 Å². The highest BCUT2D eigenvalue weighted by atomic mass is 19.1. The van der Waals surface area contributed by atoms with Gasteiger partial charge in [-0.1, -0.05) is 43.7 Å². The first-order valence-electron chi connectivity index (χ1n) is 7.67. The predicted octanol–water partition coefficient (Wildman–Crippen LogP) is 5.79. The fourth-order valence-electron chi connectivity index (χ4n) is 3.22. The van der Waals surface area contributed by atoms with Crippen molar-refractivity contribution in [3.63, 3.8) is 0 Å². The Balaban J connectivity index is 1.86. The van der Waals surface area contributed by atoms with E-state index in [9.17, 15) is 4.39 Å². The zero-order valence-corrected chi connectivity index (χ0v) is 11.9. The summed E-state index contributed by atoms with van der Waals surface area (Å²) in [6.07, 6.45) is 10.7. The quantitative estimate of drug-likeness (QED) is 0.629. The van der Waals surface area contributed by atoms with Gasteiger partial charge in [0.2, 0.25) is 0 Å². The summed E-state index contributed by atoms with van der Waals surface area (Å²) in [5.41, 5.74) is 2.95. The molecule has 1 aliphatic rings. The Morgan fingerprint density at radius 1 is 1.11 bits per heavy atom. The van der Waals surface area contributed by atoms with Gasteiger partial charge in [0, 0.05) is 0 Å². The van der Waals surface area contributed by atoms with Gasteiger partial charge < -0.3 is 0 Å². The highest BCUT2D eigenvalue weighted by Gasteiger charge is 2.21. The molecule has 104 valence electrons. The summed E-state index contributed by atoms with van der Waals surface area (Å²) in [5, 5.41) is 0. The Kier molecular flexibility index (Phi) is 5.62. The summed E-state index contributed by atoms with van der Waals surface area (Å²) in [6, 6.07) is 9.21. The van der Waals surface area contributed by atoms with Crippen molar-refractivity contribution in [1.82, 2.24) is 0 Å². The van der Waals surface area contributed by atoms with Crippen LogP contribution in [-0.4, -0.2) is 0 Å². The van der Waals surface area contributed by atoms with Gasteiger partial charge in [-0.15, -0.1) is 0 Å². The minimum Gasteiger partial charge on any atom is -0.216 e. The summed E-state index contributed by atoms with van der Waals surface area (Å²) < 4.78 is 12.0. The van der Waals surface area contributed by atoms with Crippen molar-refractivity contribution in [3.05, 3.63) is 47.8 Å². The van der Waals surface area contributed by atoms with E-state index in [2.05, 4.69) is 31.2 Å². The van der Waals surface area contributed by atoms with Crippen LogP contribution in [0.3, 0.4) is 0 Å². The summed E-state index contributed by atoms with van der Waals surface area (Å²) in [5.74, 6) is 1.42. The first-order valence-corrected chi connectivity index (χ1v) is 7.67. The Hall–Kier alpha value is -1.11. The molecular formula is C18H25F. The van der Waals surface area contributed by atoms with Gasteiger partial charge in [-0.05, 0) is 61.5 Å². The number of rotatable bonds is 5. The third kappa shape index (κ3) is 4.19. The second-order valence-electron chi connectivity index (χ2n) is 5.81. The fourth-order valence-corrected chi connectivity index (χ4v) is 3.22. The van der Waals surface area contributed by atoms with Gasteiger partial charge in [0.05, 0.1) is 6.33 Å². The fraction of sp³-hybridized carbons (Fsp3) is 0.556. The topological polar surface area (TPSA) is 0 Å². The number of hydrogen-bond acceptors (Lipinski definition) is 0. The zero-order valence-electron chi connectivity index (χ0n) is 11.9. The molecule has 1 saturated carbocycles. The highest BCUT2D eigenvalue weighted by molar-refractivity contribution is 5.25. The van der Waals surface area contributed by atoms with Crippen LogP contribution >= 0.6 is 0 Å². The second kappa shape index (κ2) is 7.47. The monoisotopic (exact) mass is 260 g/mol. The van der Waals surface area contributed by atoms with Gasteiger partial charge in [0.25, 0.3) is 0 Å². The van der Waals surface area contributed by atoms with Crippen LogP contribution in [0.1, 0.15) is 62.5 Å². The summed E-state index contributed by atoms with van der Waals surface area (Å²) in [6.45, 7) is 2.22. The number of halogens is 1. The molecule has 0 atom stereocenters. The molecule has 2 rings (SSSR count). The smallest absolute Gasteiger partial charge is 0.0827 e. The molecule has 0 saturated heterocycles. The average molecular weight is 260 g/mol. The van der Waals surface area contributed by atoms with Crippen molar-refractivity contribution in [2.45, 2.75) is 57.8 Å². The van der Waals surface area contributed by atoms with Gasteiger partial charge in [-0.3, -0.25) is 0 Å². The molecule has 1 aliphatic carbocycles. The van der Waals surface area contributed by atoms with E-state index in [1.807, 2.05) is 0 Å².